The second-order valence-corrected chi connectivity index (χ2v) is 5.20. The summed E-state index contributed by atoms with van der Waals surface area (Å²) in [7, 11) is 0. The molecule has 1 aromatic rings. The SMILES string of the molecule is CC1(c2ccc(C#N)cc2)NC(=O)N(CC(F)(F)C(F)F)C1=O. The lowest BCUT2D eigenvalue weighted by molar-refractivity contribution is -0.151. The number of halogens is 4. The predicted octanol–water partition coefficient (Wildman–Crippen LogP) is 2.23. The number of nitriles is 1. The van der Waals surface area contributed by atoms with Gasteiger partial charge in [-0.2, -0.15) is 14.0 Å². The normalized spacial score (nSPS) is 21.5. The van der Waals surface area contributed by atoms with E-state index in [1.165, 1.54) is 31.2 Å². The van der Waals surface area contributed by atoms with Crippen LogP contribution in [0.2, 0.25) is 0 Å². The Kier molecular flexibility index (Phi) is 4.03. The Morgan fingerprint density at radius 3 is 2.35 bits per heavy atom. The highest BCUT2D eigenvalue weighted by Crippen LogP contribution is 2.32. The van der Waals surface area contributed by atoms with Crippen molar-refractivity contribution in [3.63, 3.8) is 0 Å². The third-order valence-electron chi connectivity index (χ3n) is 3.55. The highest BCUT2D eigenvalue weighted by molar-refractivity contribution is 6.07. The second kappa shape index (κ2) is 5.53. The van der Waals surface area contributed by atoms with Crippen LogP contribution in [-0.2, 0) is 10.3 Å². The van der Waals surface area contributed by atoms with Crippen LogP contribution in [0.3, 0.4) is 0 Å². The Morgan fingerprint density at radius 2 is 1.87 bits per heavy atom. The molecule has 1 fully saturated rings. The lowest BCUT2D eigenvalue weighted by atomic mass is 9.91. The third-order valence-corrected chi connectivity index (χ3v) is 3.55. The highest BCUT2D eigenvalue weighted by Gasteiger charge is 2.54. The lowest BCUT2D eigenvalue weighted by Crippen LogP contribution is -2.46. The summed E-state index contributed by atoms with van der Waals surface area (Å²) in [5, 5.41) is 10.9. The van der Waals surface area contributed by atoms with Crippen LogP contribution < -0.4 is 5.32 Å². The van der Waals surface area contributed by atoms with Crippen LogP contribution in [0.4, 0.5) is 22.4 Å². The van der Waals surface area contributed by atoms with Crippen LogP contribution in [0, 0.1) is 11.3 Å². The van der Waals surface area contributed by atoms with Crippen molar-refractivity contribution >= 4 is 11.9 Å². The van der Waals surface area contributed by atoms with Gasteiger partial charge in [0.1, 0.15) is 12.1 Å². The molecule has 1 saturated heterocycles. The molecule has 1 atom stereocenters. The number of hydrogen-bond donors (Lipinski definition) is 1. The molecule has 1 aromatic carbocycles. The maximum atomic E-state index is 13.1. The Bertz CT molecular complexity index is 684. The van der Waals surface area contributed by atoms with Gasteiger partial charge < -0.3 is 5.32 Å². The summed E-state index contributed by atoms with van der Waals surface area (Å²) < 4.78 is 50.8. The number of imide groups is 1. The Hall–Kier alpha value is -2.63. The van der Waals surface area contributed by atoms with Gasteiger partial charge in [-0.1, -0.05) is 12.1 Å². The molecule has 122 valence electrons. The van der Waals surface area contributed by atoms with Gasteiger partial charge in [-0.3, -0.25) is 9.69 Å². The summed E-state index contributed by atoms with van der Waals surface area (Å²) in [5.74, 6) is -5.56. The number of benzene rings is 1. The molecule has 0 radical (unpaired) electrons. The molecule has 0 spiro atoms. The number of amides is 3. The monoisotopic (exact) mass is 329 g/mol. The Morgan fingerprint density at radius 1 is 1.30 bits per heavy atom. The molecule has 1 N–H and O–H groups in total. The third kappa shape index (κ3) is 2.84. The van der Waals surface area contributed by atoms with Gasteiger partial charge in [-0.05, 0) is 24.6 Å². The van der Waals surface area contributed by atoms with Crippen LogP contribution in [0.15, 0.2) is 24.3 Å². The summed E-state index contributed by atoms with van der Waals surface area (Å²) >= 11 is 0. The van der Waals surface area contributed by atoms with Gasteiger partial charge in [-0.15, -0.1) is 0 Å². The molecule has 1 aliphatic rings. The molecule has 23 heavy (non-hydrogen) atoms. The number of alkyl halides is 4. The number of nitrogens with zero attached hydrogens (tertiary/aromatic N) is 2. The fraction of sp³-hybridized carbons (Fsp3) is 0.357. The van der Waals surface area contributed by atoms with Crippen molar-refractivity contribution < 1.29 is 27.2 Å². The average molecular weight is 329 g/mol. The van der Waals surface area contributed by atoms with Crippen LogP contribution >= 0.6 is 0 Å². The lowest BCUT2D eigenvalue weighted by Gasteiger charge is -2.24. The maximum absolute atomic E-state index is 13.1. The van der Waals surface area contributed by atoms with Crippen molar-refractivity contribution in [3.05, 3.63) is 35.4 Å². The van der Waals surface area contributed by atoms with Gasteiger partial charge >= 0.3 is 18.4 Å². The maximum Gasteiger partial charge on any atom is 0.325 e. The minimum atomic E-state index is -4.50. The zero-order chi connectivity index (χ0) is 17.4. The molecule has 3 amide bonds. The van der Waals surface area contributed by atoms with E-state index < -0.39 is 36.4 Å². The number of carbonyl (C=O) groups is 2. The first-order chi connectivity index (χ1) is 10.6. The molecule has 5 nitrogen and oxygen atoms in total. The molecule has 0 bridgehead atoms. The van der Waals surface area contributed by atoms with E-state index >= 15 is 0 Å². The standard InChI is InChI=1S/C14H11F4N3O2/c1-13(9-4-2-8(6-19)3-5-9)11(22)21(12(23)20-13)7-14(17,18)10(15)16/h2-5,10H,7H2,1H3,(H,20,23). The summed E-state index contributed by atoms with van der Waals surface area (Å²) in [5.41, 5.74) is -1.11. The number of carbonyl (C=O) groups excluding carboxylic acids is 2. The van der Waals surface area contributed by atoms with E-state index in [0.717, 1.165) is 0 Å². The highest BCUT2D eigenvalue weighted by atomic mass is 19.3. The molecule has 2 rings (SSSR count). The summed E-state index contributed by atoms with van der Waals surface area (Å²) in [4.78, 5) is 24.1. The fourth-order valence-corrected chi connectivity index (χ4v) is 2.19. The number of hydrogen-bond acceptors (Lipinski definition) is 3. The number of rotatable bonds is 4. The van der Waals surface area contributed by atoms with E-state index in [2.05, 4.69) is 5.32 Å². The second-order valence-electron chi connectivity index (χ2n) is 5.20. The molecular formula is C14H11F4N3O2. The van der Waals surface area contributed by atoms with Gasteiger partial charge in [0.15, 0.2) is 0 Å². The van der Waals surface area contributed by atoms with Crippen molar-refractivity contribution in [2.24, 2.45) is 0 Å². The van der Waals surface area contributed by atoms with Crippen molar-refractivity contribution in [1.29, 1.82) is 5.26 Å². The van der Waals surface area contributed by atoms with E-state index in [4.69, 9.17) is 5.26 Å². The number of urea groups is 1. The topological polar surface area (TPSA) is 73.2 Å². The molecule has 0 aromatic heterocycles. The minimum absolute atomic E-state index is 0.0738. The fourth-order valence-electron chi connectivity index (χ4n) is 2.19. The summed E-state index contributed by atoms with van der Waals surface area (Å²) in [6, 6.07) is 6.22. The van der Waals surface area contributed by atoms with Crippen LogP contribution in [0.1, 0.15) is 18.1 Å². The molecule has 1 heterocycles. The number of nitrogens with one attached hydrogen (secondary N) is 1. The van der Waals surface area contributed by atoms with E-state index in [-0.39, 0.29) is 10.5 Å². The molecular weight excluding hydrogens is 318 g/mol. The van der Waals surface area contributed by atoms with E-state index in [9.17, 15) is 27.2 Å². The zero-order valence-electron chi connectivity index (χ0n) is 11.8. The van der Waals surface area contributed by atoms with Gasteiger partial charge in [0.25, 0.3) is 5.91 Å². The predicted molar refractivity (Wildman–Crippen MR) is 69.7 cm³/mol. The van der Waals surface area contributed by atoms with Crippen LogP contribution in [-0.4, -0.2) is 35.7 Å². The molecule has 9 heteroatoms. The van der Waals surface area contributed by atoms with Crippen LogP contribution in [0.25, 0.3) is 0 Å². The quantitative estimate of drug-likeness (QED) is 0.680. The van der Waals surface area contributed by atoms with Gasteiger partial charge in [0, 0.05) is 0 Å². The first-order valence-corrected chi connectivity index (χ1v) is 6.42. The summed E-state index contributed by atoms with van der Waals surface area (Å²) in [6.45, 7) is -0.434. The minimum Gasteiger partial charge on any atom is -0.319 e. The molecule has 1 aliphatic heterocycles. The molecule has 1 unspecified atom stereocenters. The Balaban J connectivity index is 2.31. The Labute approximate surface area is 128 Å². The van der Waals surface area contributed by atoms with Crippen molar-refractivity contribution in [1.82, 2.24) is 10.2 Å². The van der Waals surface area contributed by atoms with Gasteiger partial charge in [-0.25, -0.2) is 13.6 Å². The van der Waals surface area contributed by atoms with Crippen molar-refractivity contribution in [3.8, 4) is 6.07 Å². The smallest absolute Gasteiger partial charge is 0.319 e. The van der Waals surface area contributed by atoms with E-state index in [1.54, 1.807) is 0 Å². The van der Waals surface area contributed by atoms with Crippen molar-refractivity contribution in [2.75, 3.05) is 6.54 Å². The van der Waals surface area contributed by atoms with Crippen molar-refractivity contribution in [2.45, 2.75) is 24.8 Å². The van der Waals surface area contributed by atoms with Gasteiger partial charge in [0.2, 0.25) is 0 Å². The largest absolute Gasteiger partial charge is 0.325 e. The van der Waals surface area contributed by atoms with E-state index in [0.29, 0.717) is 5.56 Å². The summed E-state index contributed by atoms with van der Waals surface area (Å²) in [6.07, 6.45) is -4.00. The molecule has 0 saturated carbocycles. The average Bonchev–Trinajstić information content (AvgIpc) is 2.71. The van der Waals surface area contributed by atoms with Gasteiger partial charge in [0.05, 0.1) is 11.6 Å². The molecule has 0 aliphatic carbocycles. The first-order valence-electron chi connectivity index (χ1n) is 6.42. The first kappa shape index (κ1) is 16.7. The van der Waals surface area contributed by atoms with E-state index in [1.807, 2.05) is 6.07 Å². The van der Waals surface area contributed by atoms with Crippen LogP contribution in [0.5, 0.6) is 0 Å². The zero-order valence-corrected chi connectivity index (χ0v) is 11.8.